The largest absolute Gasteiger partial charge is 0.347 e. The van der Waals surface area contributed by atoms with Crippen molar-refractivity contribution in [1.82, 2.24) is 19.9 Å². The molecule has 1 amide bonds. The van der Waals surface area contributed by atoms with Gasteiger partial charge in [-0.15, -0.1) is 11.3 Å². The number of rotatable bonds is 5. The van der Waals surface area contributed by atoms with E-state index in [1.165, 1.54) is 0 Å². The molecule has 1 N–H and O–H groups in total. The Kier molecular flexibility index (Phi) is 3.33. The first-order chi connectivity index (χ1) is 9.59. The second-order valence-corrected chi connectivity index (χ2v) is 6.56. The molecule has 3 rings (SSSR count). The normalized spacial score (nSPS) is 17.7. The van der Waals surface area contributed by atoms with Gasteiger partial charge in [-0.25, -0.2) is 9.97 Å². The third-order valence-corrected chi connectivity index (χ3v) is 4.60. The number of amides is 1. The van der Waals surface area contributed by atoms with Crippen LogP contribution in [0.3, 0.4) is 0 Å². The Morgan fingerprint density at radius 3 is 2.95 bits per heavy atom. The highest BCUT2D eigenvalue weighted by Crippen LogP contribution is 2.47. The molecule has 1 saturated carbocycles. The third-order valence-electron chi connectivity index (χ3n) is 3.81. The zero-order chi connectivity index (χ0) is 14.2. The topological polar surface area (TPSA) is 59.8 Å². The minimum Gasteiger partial charge on any atom is -0.347 e. The first kappa shape index (κ1) is 13.3. The summed E-state index contributed by atoms with van der Waals surface area (Å²) in [6.07, 6.45) is 7.30. The van der Waals surface area contributed by atoms with Crippen LogP contribution in [0.1, 0.15) is 36.5 Å². The van der Waals surface area contributed by atoms with Gasteiger partial charge in [-0.05, 0) is 26.7 Å². The Labute approximate surface area is 122 Å². The highest BCUT2D eigenvalue weighted by Gasteiger charge is 2.50. The Morgan fingerprint density at radius 2 is 2.40 bits per heavy atom. The molecule has 1 aliphatic rings. The van der Waals surface area contributed by atoms with Crippen molar-refractivity contribution in [2.75, 3.05) is 0 Å². The lowest BCUT2D eigenvalue weighted by Crippen LogP contribution is -2.36. The van der Waals surface area contributed by atoms with Crippen molar-refractivity contribution in [2.45, 2.75) is 39.3 Å². The molecule has 0 spiro atoms. The second kappa shape index (κ2) is 5.01. The van der Waals surface area contributed by atoms with Crippen LogP contribution < -0.4 is 5.32 Å². The Bertz CT molecular complexity index is 600. The summed E-state index contributed by atoms with van der Waals surface area (Å²) in [6, 6.07) is -0.0345. The van der Waals surface area contributed by atoms with Crippen molar-refractivity contribution in [1.29, 1.82) is 0 Å². The monoisotopic (exact) mass is 290 g/mol. The predicted molar refractivity (Wildman–Crippen MR) is 77.3 cm³/mol. The van der Waals surface area contributed by atoms with Crippen LogP contribution in [0.15, 0.2) is 24.1 Å². The number of hydrogen-bond acceptors (Lipinski definition) is 4. The van der Waals surface area contributed by atoms with Gasteiger partial charge in [-0.1, -0.05) is 0 Å². The molecule has 106 valence electrons. The Hall–Kier alpha value is -1.69. The summed E-state index contributed by atoms with van der Waals surface area (Å²) in [5.74, 6) is 0.129. The minimum absolute atomic E-state index is 0.0345. The molecule has 2 aromatic rings. The molecule has 0 bridgehead atoms. The zero-order valence-corrected chi connectivity index (χ0v) is 12.5. The molecule has 1 fully saturated rings. The van der Waals surface area contributed by atoms with Crippen LogP contribution in [0, 0.1) is 12.3 Å². The van der Waals surface area contributed by atoms with E-state index in [9.17, 15) is 4.79 Å². The maximum Gasteiger partial charge on any atom is 0.228 e. The number of imidazole rings is 1. The van der Waals surface area contributed by atoms with Gasteiger partial charge in [0.1, 0.15) is 0 Å². The quantitative estimate of drug-likeness (QED) is 0.919. The highest BCUT2D eigenvalue weighted by molar-refractivity contribution is 7.09. The molecule has 20 heavy (non-hydrogen) atoms. The van der Waals surface area contributed by atoms with Crippen LogP contribution in [-0.2, 0) is 11.3 Å². The number of thiazole rings is 1. The number of nitrogens with zero attached hydrogens (tertiary/aromatic N) is 3. The molecule has 0 unspecified atom stereocenters. The van der Waals surface area contributed by atoms with Crippen LogP contribution >= 0.6 is 11.3 Å². The molecular weight excluding hydrogens is 272 g/mol. The standard InChI is InChI=1S/C14H18N4OS/c1-10(12-7-20-11(2)17-12)16-13(19)14(3-4-14)8-18-6-5-15-9-18/h5-7,9-10H,3-4,8H2,1-2H3,(H,16,19)/t10-/m0/s1. The maximum atomic E-state index is 12.5. The van der Waals surface area contributed by atoms with Crippen molar-refractivity contribution in [2.24, 2.45) is 5.41 Å². The van der Waals surface area contributed by atoms with Gasteiger partial charge in [0, 0.05) is 24.3 Å². The summed E-state index contributed by atoms with van der Waals surface area (Å²) >= 11 is 1.61. The maximum absolute atomic E-state index is 12.5. The first-order valence-electron chi connectivity index (χ1n) is 6.78. The summed E-state index contributed by atoms with van der Waals surface area (Å²) in [6.45, 7) is 4.67. The first-order valence-corrected chi connectivity index (χ1v) is 7.66. The third kappa shape index (κ3) is 2.60. The van der Waals surface area contributed by atoms with Crippen LogP contribution in [0.4, 0.5) is 0 Å². The van der Waals surface area contributed by atoms with Crippen LogP contribution in [0.2, 0.25) is 0 Å². The molecule has 1 atom stereocenters. The van der Waals surface area contributed by atoms with Gasteiger partial charge in [-0.3, -0.25) is 4.79 Å². The molecular formula is C14H18N4OS. The molecule has 0 radical (unpaired) electrons. The number of carbonyl (C=O) groups is 1. The summed E-state index contributed by atoms with van der Waals surface area (Å²) < 4.78 is 1.98. The van der Waals surface area contributed by atoms with E-state index in [2.05, 4.69) is 15.3 Å². The molecule has 6 heteroatoms. The van der Waals surface area contributed by atoms with E-state index in [1.807, 2.05) is 30.0 Å². The molecule has 1 aliphatic carbocycles. The fourth-order valence-corrected chi connectivity index (χ4v) is 3.05. The average Bonchev–Trinajstić information content (AvgIpc) is 2.83. The molecule has 2 aromatic heterocycles. The van der Waals surface area contributed by atoms with E-state index < -0.39 is 0 Å². The van der Waals surface area contributed by atoms with E-state index in [0.717, 1.165) is 23.5 Å². The lowest BCUT2D eigenvalue weighted by Gasteiger charge is -2.19. The van der Waals surface area contributed by atoms with E-state index >= 15 is 0 Å². The minimum atomic E-state index is -0.250. The Morgan fingerprint density at radius 1 is 1.60 bits per heavy atom. The van der Waals surface area contributed by atoms with Crippen LogP contribution in [0.5, 0.6) is 0 Å². The molecule has 2 heterocycles. The highest BCUT2D eigenvalue weighted by atomic mass is 32.1. The van der Waals surface area contributed by atoms with E-state index in [0.29, 0.717) is 6.54 Å². The van der Waals surface area contributed by atoms with Crippen LogP contribution in [-0.4, -0.2) is 20.4 Å². The van der Waals surface area contributed by atoms with Gasteiger partial charge in [0.05, 0.1) is 28.5 Å². The summed E-state index contributed by atoms with van der Waals surface area (Å²) in [4.78, 5) is 20.9. The molecule has 0 aliphatic heterocycles. The van der Waals surface area contributed by atoms with Crippen molar-refractivity contribution in [3.63, 3.8) is 0 Å². The second-order valence-electron chi connectivity index (χ2n) is 5.50. The molecule has 5 nitrogen and oxygen atoms in total. The Balaban J connectivity index is 1.64. The van der Waals surface area contributed by atoms with Gasteiger partial charge >= 0.3 is 0 Å². The molecule has 0 aromatic carbocycles. The van der Waals surface area contributed by atoms with E-state index in [-0.39, 0.29) is 17.4 Å². The predicted octanol–water partition coefficient (Wildman–Crippen LogP) is 2.31. The number of hydrogen-bond donors (Lipinski definition) is 1. The van der Waals surface area contributed by atoms with Crippen molar-refractivity contribution in [3.05, 3.63) is 34.8 Å². The summed E-state index contributed by atoms with van der Waals surface area (Å²) in [5.41, 5.74) is 0.694. The smallest absolute Gasteiger partial charge is 0.228 e. The summed E-state index contributed by atoms with van der Waals surface area (Å²) in [5, 5.41) is 6.13. The fourth-order valence-electron chi connectivity index (χ4n) is 2.34. The fraction of sp³-hybridized carbons (Fsp3) is 0.500. The van der Waals surface area contributed by atoms with Crippen molar-refractivity contribution in [3.8, 4) is 0 Å². The van der Waals surface area contributed by atoms with Crippen molar-refractivity contribution >= 4 is 17.2 Å². The number of aryl methyl sites for hydroxylation is 1. The zero-order valence-electron chi connectivity index (χ0n) is 11.7. The van der Waals surface area contributed by atoms with E-state index in [1.54, 1.807) is 23.9 Å². The van der Waals surface area contributed by atoms with Gasteiger partial charge in [0.2, 0.25) is 5.91 Å². The number of aromatic nitrogens is 3. The van der Waals surface area contributed by atoms with Gasteiger partial charge in [-0.2, -0.15) is 0 Å². The lowest BCUT2D eigenvalue weighted by molar-refractivity contribution is -0.127. The van der Waals surface area contributed by atoms with Crippen molar-refractivity contribution < 1.29 is 4.79 Å². The lowest BCUT2D eigenvalue weighted by atomic mass is 10.1. The number of nitrogens with one attached hydrogen (secondary N) is 1. The van der Waals surface area contributed by atoms with Gasteiger partial charge in [0.15, 0.2) is 0 Å². The SMILES string of the molecule is Cc1nc([C@H](C)NC(=O)C2(Cn3ccnc3)CC2)cs1. The summed E-state index contributed by atoms with van der Waals surface area (Å²) in [7, 11) is 0. The van der Waals surface area contributed by atoms with E-state index in [4.69, 9.17) is 0 Å². The van der Waals surface area contributed by atoms with Crippen LogP contribution in [0.25, 0.3) is 0 Å². The molecule has 0 saturated heterocycles. The number of carbonyl (C=O) groups excluding carboxylic acids is 1. The van der Waals surface area contributed by atoms with Gasteiger partial charge < -0.3 is 9.88 Å². The van der Waals surface area contributed by atoms with Gasteiger partial charge in [0.25, 0.3) is 0 Å². The average molecular weight is 290 g/mol.